The van der Waals surface area contributed by atoms with Crippen LogP contribution in [-0.2, 0) is 23.0 Å². The minimum Gasteiger partial charge on any atom is -0.488 e. The van der Waals surface area contributed by atoms with Gasteiger partial charge in [0.1, 0.15) is 12.4 Å². The predicted octanol–water partition coefficient (Wildman–Crippen LogP) is 1.42. The molecule has 144 valence electrons. The van der Waals surface area contributed by atoms with Crippen molar-refractivity contribution in [3.8, 4) is 5.75 Å². The molecule has 7 nitrogen and oxygen atoms in total. The molecule has 0 aliphatic carbocycles. The Morgan fingerprint density at radius 1 is 1.22 bits per heavy atom. The zero-order chi connectivity index (χ0) is 19.6. The van der Waals surface area contributed by atoms with Crippen LogP contribution in [0.5, 0.6) is 5.75 Å². The molecule has 4 N–H and O–H groups in total. The van der Waals surface area contributed by atoms with Crippen LogP contribution in [0.15, 0.2) is 41.3 Å². The molecular formula is C17H17F2N3O4S. The molecule has 10 heteroatoms. The van der Waals surface area contributed by atoms with E-state index in [0.717, 1.165) is 6.07 Å². The first kappa shape index (κ1) is 19.1. The summed E-state index contributed by atoms with van der Waals surface area (Å²) in [6, 6.07) is 6.76. The quantitative estimate of drug-likeness (QED) is 0.725. The van der Waals surface area contributed by atoms with Gasteiger partial charge < -0.3 is 15.4 Å². The Morgan fingerprint density at radius 2 is 1.93 bits per heavy atom. The number of halogens is 2. The lowest BCUT2D eigenvalue weighted by atomic mass is 10.0. The van der Waals surface area contributed by atoms with Crippen molar-refractivity contribution in [2.24, 2.45) is 5.14 Å². The minimum absolute atomic E-state index is 0.00445. The molecule has 2 amide bonds. The number of ether oxygens (including phenoxy) is 1. The van der Waals surface area contributed by atoms with Gasteiger partial charge in [-0.1, -0.05) is 12.1 Å². The number of nitrogens with one attached hydrogen (secondary N) is 2. The summed E-state index contributed by atoms with van der Waals surface area (Å²) in [7, 11) is -3.77. The Labute approximate surface area is 154 Å². The first-order valence-electron chi connectivity index (χ1n) is 7.99. The van der Waals surface area contributed by atoms with Crippen LogP contribution in [0.1, 0.15) is 11.1 Å². The van der Waals surface area contributed by atoms with Gasteiger partial charge in [0, 0.05) is 18.2 Å². The lowest BCUT2D eigenvalue weighted by molar-refractivity contribution is 0.209. The Hall–Kier alpha value is -2.72. The first-order valence-corrected chi connectivity index (χ1v) is 9.54. The van der Waals surface area contributed by atoms with Crippen molar-refractivity contribution in [3.63, 3.8) is 0 Å². The monoisotopic (exact) mass is 397 g/mol. The van der Waals surface area contributed by atoms with Crippen molar-refractivity contribution in [2.75, 3.05) is 6.61 Å². The maximum absolute atomic E-state index is 13.6. The van der Waals surface area contributed by atoms with Gasteiger partial charge in [0.05, 0.1) is 10.9 Å². The van der Waals surface area contributed by atoms with Gasteiger partial charge in [0.2, 0.25) is 10.0 Å². The number of carbonyl (C=O) groups excluding carboxylic acids is 1. The predicted molar refractivity (Wildman–Crippen MR) is 92.5 cm³/mol. The number of carbonyl (C=O) groups is 1. The van der Waals surface area contributed by atoms with E-state index < -0.39 is 33.7 Å². The van der Waals surface area contributed by atoms with E-state index in [-0.39, 0.29) is 30.2 Å². The molecule has 0 radical (unpaired) electrons. The SMILES string of the molecule is NS(=O)(=O)c1ccc(CNC(=O)NC2COc3c(F)cc(F)cc3C2)cc1. The average Bonchev–Trinajstić information content (AvgIpc) is 2.59. The molecule has 2 aromatic rings. The third-order valence-corrected chi connectivity index (χ3v) is 4.95. The maximum Gasteiger partial charge on any atom is 0.315 e. The number of hydrogen-bond acceptors (Lipinski definition) is 4. The summed E-state index contributed by atoms with van der Waals surface area (Å²) >= 11 is 0. The Bertz CT molecular complexity index is 965. The van der Waals surface area contributed by atoms with E-state index in [1.165, 1.54) is 30.3 Å². The van der Waals surface area contributed by atoms with Gasteiger partial charge in [-0.3, -0.25) is 0 Å². The summed E-state index contributed by atoms with van der Waals surface area (Å²) < 4.78 is 54.6. The van der Waals surface area contributed by atoms with Gasteiger partial charge in [-0.05, 0) is 30.2 Å². The van der Waals surface area contributed by atoms with Crippen LogP contribution in [0.25, 0.3) is 0 Å². The van der Waals surface area contributed by atoms with E-state index in [2.05, 4.69) is 10.6 Å². The molecule has 0 fully saturated rings. The molecule has 1 atom stereocenters. The molecular weight excluding hydrogens is 380 g/mol. The number of primary sulfonamides is 1. The summed E-state index contributed by atoms with van der Waals surface area (Å²) in [6.07, 6.45) is 0.237. The first-order chi connectivity index (χ1) is 12.7. The van der Waals surface area contributed by atoms with E-state index in [4.69, 9.17) is 9.88 Å². The number of benzene rings is 2. The molecule has 1 heterocycles. The summed E-state index contributed by atoms with van der Waals surface area (Å²) in [5, 5.41) is 10.3. The Kier molecular flexibility index (Phi) is 5.29. The van der Waals surface area contributed by atoms with E-state index in [0.29, 0.717) is 11.1 Å². The van der Waals surface area contributed by atoms with Crippen molar-refractivity contribution in [1.29, 1.82) is 0 Å². The van der Waals surface area contributed by atoms with Crippen LogP contribution in [0.3, 0.4) is 0 Å². The van der Waals surface area contributed by atoms with Gasteiger partial charge >= 0.3 is 6.03 Å². The van der Waals surface area contributed by atoms with Crippen molar-refractivity contribution >= 4 is 16.1 Å². The van der Waals surface area contributed by atoms with E-state index in [1.54, 1.807) is 0 Å². The highest BCUT2D eigenvalue weighted by Crippen LogP contribution is 2.28. The van der Waals surface area contributed by atoms with Gasteiger partial charge in [0.15, 0.2) is 11.6 Å². The molecule has 0 saturated carbocycles. The Balaban J connectivity index is 1.54. The number of rotatable bonds is 4. The largest absolute Gasteiger partial charge is 0.488 e. The number of hydrogen-bond donors (Lipinski definition) is 3. The van der Waals surface area contributed by atoms with Gasteiger partial charge in [-0.2, -0.15) is 0 Å². The molecule has 1 unspecified atom stereocenters. The standard InChI is InChI=1S/C17H17F2N3O4S/c18-12-5-11-6-13(9-26-16(11)15(19)7-12)22-17(23)21-8-10-1-3-14(4-2-10)27(20,24)25/h1-5,7,13H,6,8-9H2,(H2,20,24,25)(H2,21,22,23). The lowest BCUT2D eigenvalue weighted by Crippen LogP contribution is -2.47. The average molecular weight is 397 g/mol. The second kappa shape index (κ2) is 7.49. The highest BCUT2D eigenvalue weighted by molar-refractivity contribution is 7.89. The van der Waals surface area contributed by atoms with E-state index >= 15 is 0 Å². The van der Waals surface area contributed by atoms with Crippen LogP contribution in [0.4, 0.5) is 13.6 Å². The number of urea groups is 1. The molecule has 2 aromatic carbocycles. The van der Waals surface area contributed by atoms with Crippen LogP contribution in [-0.4, -0.2) is 27.1 Å². The highest BCUT2D eigenvalue weighted by atomic mass is 32.2. The summed E-state index contributed by atoms with van der Waals surface area (Å²) in [6.45, 7) is 0.218. The number of nitrogens with two attached hydrogens (primary N) is 1. The molecule has 0 saturated heterocycles. The summed E-state index contributed by atoms with van der Waals surface area (Å²) in [5.41, 5.74) is 1.02. The van der Waals surface area contributed by atoms with E-state index in [9.17, 15) is 22.0 Å². The molecule has 0 bridgehead atoms. The van der Waals surface area contributed by atoms with Crippen molar-refractivity contribution in [3.05, 3.63) is 59.2 Å². The third-order valence-electron chi connectivity index (χ3n) is 4.02. The van der Waals surface area contributed by atoms with Crippen LogP contribution in [0, 0.1) is 11.6 Å². The fourth-order valence-corrected chi connectivity index (χ4v) is 3.26. The molecule has 1 aliphatic rings. The fraction of sp³-hybridized carbons (Fsp3) is 0.235. The maximum atomic E-state index is 13.6. The normalized spacial score (nSPS) is 16.2. The molecule has 1 aliphatic heterocycles. The highest BCUT2D eigenvalue weighted by Gasteiger charge is 2.24. The molecule has 3 rings (SSSR count). The van der Waals surface area contributed by atoms with Gasteiger partial charge in [-0.15, -0.1) is 0 Å². The fourth-order valence-electron chi connectivity index (χ4n) is 2.74. The number of fused-ring (bicyclic) bond motifs is 1. The zero-order valence-corrected chi connectivity index (χ0v) is 14.9. The summed E-state index contributed by atoms with van der Waals surface area (Å²) in [5.74, 6) is -1.47. The number of amides is 2. The Morgan fingerprint density at radius 3 is 2.59 bits per heavy atom. The van der Waals surface area contributed by atoms with Crippen LogP contribution < -0.4 is 20.5 Å². The smallest absolute Gasteiger partial charge is 0.315 e. The van der Waals surface area contributed by atoms with Crippen LogP contribution in [0.2, 0.25) is 0 Å². The second-order valence-electron chi connectivity index (χ2n) is 6.10. The van der Waals surface area contributed by atoms with Gasteiger partial charge in [0.25, 0.3) is 0 Å². The minimum atomic E-state index is -3.77. The molecule has 0 spiro atoms. The number of sulfonamides is 1. The van der Waals surface area contributed by atoms with Gasteiger partial charge in [-0.25, -0.2) is 27.1 Å². The molecule has 0 aromatic heterocycles. The summed E-state index contributed by atoms with van der Waals surface area (Å²) in [4.78, 5) is 12.0. The van der Waals surface area contributed by atoms with Crippen molar-refractivity contribution < 1.29 is 26.7 Å². The lowest BCUT2D eigenvalue weighted by Gasteiger charge is -2.26. The van der Waals surface area contributed by atoms with Crippen molar-refractivity contribution in [1.82, 2.24) is 10.6 Å². The second-order valence-corrected chi connectivity index (χ2v) is 7.67. The van der Waals surface area contributed by atoms with Crippen LogP contribution >= 0.6 is 0 Å². The van der Waals surface area contributed by atoms with Crippen molar-refractivity contribution in [2.45, 2.75) is 23.9 Å². The topological polar surface area (TPSA) is 111 Å². The third kappa shape index (κ3) is 4.72. The van der Waals surface area contributed by atoms with E-state index in [1.807, 2.05) is 0 Å². The molecule has 27 heavy (non-hydrogen) atoms. The zero-order valence-electron chi connectivity index (χ0n) is 14.0.